The number of hydrogen-bond acceptors (Lipinski definition) is 1. The van der Waals surface area contributed by atoms with Gasteiger partial charge in [0, 0.05) is 35.9 Å². The molecule has 0 saturated heterocycles. The molecule has 0 bridgehead atoms. The fourth-order valence-corrected chi connectivity index (χ4v) is 4.80. The van der Waals surface area contributed by atoms with Crippen LogP contribution in [0.3, 0.4) is 0 Å². The molecule has 0 aliphatic rings. The summed E-state index contributed by atoms with van der Waals surface area (Å²) in [6.07, 6.45) is 0. The molecule has 270 valence electrons. The SMILES string of the molecule is Brc1ccsc1.CC.Fc1[c-]c(F)c(F)c(F)c1F.Fc1c(F)c(F)c2cc(Br)ccc2c1F.[BH3-]c1ccc2c(F)c(F)c(F)c(F)c2c1.[Br-].[Mg+2]. The van der Waals surface area contributed by atoms with Crippen LogP contribution in [0.25, 0.3) is 21.5 Å². The Labute approximate surface area is 330 Å². The first-order valence-electron chi connectivity index (χ1n) is 12.7. The second-order valence-electron chi connectivity index (χ2n) is 8.31. The first kappa shape index (κ1) is 48.7. The van der Waals surface area contributed by atoms with E-state index in [0.29, 0.717) is 4.47 Å². The van der Waals surface area contributed by atoms with Gasteiger partial charge in [0.15, 0.2) is 46.5 Å². The van der Waals surface area contributed by atoms with Gasteiger partial charge in [-0.1, -0.05) is 54.0 Å². The topological polar surface area (TPSA) is 0 Å². The molecule has 0 nitrogen and oxygen atoms in total. The van der Waals surface area contributed by atoms with E-state index in [1.54, 1.807) is 17.4 Å². The zero-order valence-electron chi connectivity index (χ0n) is 24.9. The Bertz CT molecular complexity index is 1960. The number of rotatable bonds is 0. The molecule has 51 heavy (non-hydrogen) atoms. The van der Waals surface area contributed by atoms with Gasteiger partial charge in [-0.3, -0.25) is 8.78 Å². The first-order chi connectivity index (χ1) is 23.0. The molecule has 6 aromatic rings. The van der Waals surface area contributed by atoms with E-state index in [4.69, 9.17) is 0 Å². The largest absolute Gasteiger partial charge is 2.00 e. The van der Waals surface area contributed by atoms with Gasteiger partial charge in [-0.2, -0.15) is 11.3 Å². The van der Waals surface area contributed by atoms with Gasteiger partial charge in [-0.15, -0.1) is 6.07 Å². The Morgan fingerprint density at radius 1 is 0.490 bits per heavy atom. The molecular formula is C32H18BBr3F13MgS-. The summed E-state index contributed by atoms with van der Waals surface area (Å²) in [4.78, 5) is 0. The molecule has 6 rings (SSSR count). The Morgan fingerprint density at radius 3 is 1.24 bits per heavy atom. The van der Waals surface area contributed by atoms with Crippen LogP contribution >= 0.6 is 43.2 Å². The van der Waals surface area contributed by atoms with Gasteiger partial charge in [0.2, 0.25) is 0 Å². The Kier molecular flexibility index (Phi) is 21.0. The van der Waals surface area contributed by atoms with E-state index < -0.39 is 75.6 Å². The second kappa shape index (κ2) is 22.0. The van der Waals surface area contributed by atoms with Crippen LogP contribution in [0.2, 0.25) is 0 Å². The van der Waals surface area contributed by atoms with Crippen molar-refractivity contribution in [3.05, 3.63) is 144 Å². The maximum atomic E-state index is 13.3. The van der Waals surface area contributed by atoms with Crippen LogP contribution in [-0.2, 0) is 0 Å². The van der Waals surface area contributed by atoms with Gasteiger partial charge < -0.3 is 17.0 Å². The van der Waals surface area contributed by atoms with E-state index in [2.05, 4.69) is 31.9 Å². The third-order valence-corrected chi connectivity index (χ3v) is 7.40. The van der Waals surface area contributed by atoms with Crippen molar-refractivity contribution in [1.29, 1.82) is 0 Å². The predicted molar refractivity (Wildman–Crippen MR) is 179 cm³/mol. The van der Waals surface area contributed by atoms with Gasteiger partial charge >= 0.3 is 23.1 Å². The minimum Gasteiger partial charge on any atom is -1.00 e. The number of halogens is 16. The average molecular weight is 956 g/mol. The maximum absolute atomic E-state index is 13.3. The summed E-state index contributed by atoms with van der Waals surface area (Å²) in [7, 11) is -0.187. The van der Waals surface area contributed by atoms with Crippen molar-refractivity contribution in [3.63, 3.8) is 0 Å². The van der Waals surface area contributed by atoms with Gasteiger partial charge in [-0.05, 0) is 47.4 Å². The molecule has 0 amide bonds. The molecule has 0 atom stereocenters. The summed E-state index contributed by atoms with van der Waals surface area (Å²) in [5, 5.41) is 3.11. The van der Waals surface area contributed by atoms with Crippen LogP contribution in [0.1, 0.15) is 13.8 Å². The summed E-state index contributed by atoms with van der Waals surface area (Å²) in [6.45, 7) is 4.00. The fourth-order valence-electron chi connectivity index (χ4n) is 3.29. The smallest absolute Gasteiger partial charge is 1.00 e. The normalized spacial score (nSPS) is 9.84. The summed E-state index contributed by atoms with van der Waals surface area (Å²) < 4.78 is 166. The fraction of sp³-hybridized carbons (Fsp3) is 0.0625. The minimum atomic E-state index is -2.17. The zero-order chi connectivity index (χ0) is 37.3. The molecule has 1 heterocycles. The monoisotopic (exact) mass is 953 g/mol. The van der Waals surface area contributed by atoms with Crippen molar-refractivity contribution < 1.29 is 74.1 Å². The average Bonchev–Trinajstić information content (AvgIpc) is 3.58. The molecule has 0 fully saturated rings. The van der Waals surface area contributed by atoms with Crippen LogP contribution in [0.4, 0.5) is 57.1 Å². The van der Waals surface area contributed by atoms with Gasteiger partial charge in [-0.25, -0.2) is 53.8 Å². The molecule has 0 N–H and O–H groups in total. The molecule has 5 aromatic carbocycles. The van der Waals surface area contributed by atoms with Crippen LogP contribution in [0.5, 0.6) is 0 Å². The Hall–Kier alpha value is -2.32. The van der Waals surface area contributed by atoms with Crippen LogP contribution in [-0.4, -0.2) is 30.9 Å². The van der Waals surface area contributed by atoms with E-state index in [9.17, 15) is 57.1 Å². The first-order valence-corrected chi connectivity index (χ1v) is 15.2. The number of hydrogen-bond donors (Lipinski definition) is 0. The summed E-state index contributed by atoms with van der Waals surface area (Å²) >= 11 is 8.01. The van der Waals surface area contributed by atoms with Crippen LogP contribution in [0.15, 0.2) is 62.2 Å². The molecule has 0 spiro atoms. The summed E-state index contributed by atoms with van der Waals surface area (Å²) in [6, 6.07) is 11.1. The molecule has 1 aromatic heterocycles. The van der Waals surface area contributed by atoms with Gasteiger partial charge in [0.1, 0.15) is 0 Å². The van der Waals surface area contributed by atoms with E-state index in [1.807, 2.05) is 30.7 Å². The number of benzene rings is 5. The Balaban J connectivity index is 0.000000659. The van der Waals surface area contributed by atoms with Crippen molar-refractivity contribution in [2.45, 2.75) is 13.8 Å². The van der Waals surface area contributed by atoms with Crippen LogP contribution in [0, 0.1) is 81.7 Å². The van der Waals surface area contributed by atoms with Crippen molar-refractivity contribution in [2.24, 2.45) is 0 Å². The van der Waals surface area contributed by atoms with Crippen molar-refractivity contribution >= 4 is 101 Å². The standard InChI is InChI=1S/C10H6BF4.C10H3BrF4.C6F5.C4H3BrS.C2H6.BrH.Mg/c2*11-4-1-2-5-6(3-4)8(13)10(15)9(14)7(5)12;7-2-1-3(8)5(10)6(11)4(2)9;5-4-1-2-6-3-4;1-2;;/h1-3H,11H3;1-3H;;1-3H;1-2H3;1H;/q-1;;-1;;;;+2/p-1. The van der Waals surface area contributed by atoms with Gasteiger partial charge in [0.25, 0.3) is 0 Å². The molecule has 0 radical (unpaired) electrons. The van der Waals surface area contributed by atoms with E-state index in [1.165, 1.54) is 34.8 Å². The van der Waals surface area contributed by atoms with Crippen molar-refractivity contribution in [2.75, 3.05) is 0 Å². The van der Waals surface area contributed by atoms with E-state index in [0.717, 1.165) is 11.5 Å². The summed E-state index contributed by atoms with van der Waals surface area (Å²) in [5.74, 6) is -22.5. The molecule has 0 saturated carbocycles. The summed E-state index contributed by atoms with van der Waals surface area (Å²) in [5.41, 5.74) is 0.895. The molecule has 19 heteroatoms. The quantitative estimate of drug-likeness (QED) is 0.0479. The van der Waals surface area contributed by atoms with Crippen LogP contribution < -0.4 is 22.4 Å². The number of fused-ring (bicyclic) bond motifs is 2. The number of thiophene rings is 1. The molecule has 0 unspecified atom stereocenters. The predicted octanol–water partition coefficient (Wildman–Crippen LogP) is 7.89. The Morgan fingerprint density at radius 2 is 0.863 bits per heavy atom. The minimum absolute atomic E-state index is 0. The van der Waals surface area contributed by atoms with Crippen molar-refractivity contribution in [3.8, 4) is 0 Å². The third-order valence-electron chi connectivity index (χ3n) is 5.42. The van der Waals surface area contributed by atoms with E-state index >= 15 is 0 Å². The zero-order valence-corrected chi connectivity index (χ0v) is 31.8. The maximum Gasteiger partial charge on any atom is 2.00 e. The second-order valence-corrected chi connectivity index (χ2v) is 10.9. The molecular weight excluding hydrogens is 938 g/mol. The van der Waals surface area contributed by atoms with E-state index in [-0.39, 0.29) is 69.4 Å². The van der Waals surface area contributed by atoms with Crippen molar-refractivity contribution in [1.82, 2.24) is 0 Å². The third kappa shape index (κ3) is 12.1. The molecule has 0 aliphatic carbocycles. The molecule has 0 aliphatic heterocycles. The van der Waals surface area contributed by atoms with Gasteiger partial charge in [0.05, 0.1) is 29.1 Å².